The summed E-state index contributed by atoms with van der Waals surface area (Å²) in [6.45, 7) is 12.7. The summed E-state index contributed by atoms with van der Waals surface area (Å²) in [5.41, 5.74) is -1.94. The lowest BCUT2D eigenvalue weighted by atomic mass is 9.74. The third-order valence-corrected chi connectivity index (χ3v) is 3.30. The van der Waals surface area contributed by atoms with Crippen molar-refractivity contribution in [3.8, 4) is 0 Å². The van der Waals surface area contributed by atoms with E-state index in [0.717, 1.165) is 0 Å². The Bertz CT molecular complexity index is 328. The summed E-state index contributed by atoms with van der Waals surface area (Å²) >= 11 is 0. The van der Waals surface area contributed by atoms with Crippen LogP contribution < -0.4 is 10.6 Å². The molecule has 18 heavy (non-hydrogen) atoms. The summed E-state index contributed by atoms with van der Waals surface area (Å²) in [4.78, 5) is 22.9. The Kier molecular flexibility index (Phi) is 4.94. The van der Waals surface area contributed by atoms with E-state index in [-0.39, 0.29) is 18.0 Å². The van der Waals surface area contributed by atoms with E-state index in [1.165, 1.54) is 0 Å². The van der Waals surface area contributed by atoms with E-state index in [4.69, 9.17) is 0 Å². The molecule has 1 amide bonds. The Morgan fingerprint density at radius 2 is 1.44 bits per heavy atom. The van der Waals surface area contributed by atoms with Gasteiger partial charge in [-0.05, 0) is 48.5 Å². The molecule has 0 saturated heterocycles. The van der Waals surface area contributed by atoms with Crippen LogP contribution in [0, 0.1) is 5.41 Å². The van der Waals surface area contributed by atoms with Crippen molar-refractivity contribution in [2.75, 3.05) is 6.54 Å². The zero-order valence-corrected chi connectivity index (χ0v) is 12.5. The number of aliphatic carboxylic acids is 1. The second kappa shape index (κ2) is 5.26. The van der Waals surface area contributed by atoms with Crippen molar-refractivity contribution in [2.45, 2.75) is 59.5 Å². The highest BCUT2D eigenvalue weighted by Gasteiger charge is 2.43. The fraction of sp³-hybridized carbons (Fsp3) is 0.846. The van der Waals surface area contributed by atoms with Gasteiger partial charge < -0.3 is 15.7 Å². The topological polar surface area (TPSA) is 78.4 Å². The number of carboxylic acid groups (broad SMARTS) is 1. The number of carbonyl (C=O) groups is 2. The van der Waals surface area contributed by atoms with Crippen LogP contribution in [0.25, 0.3) is 0 Å². The first-order valence-electron chi connectivity index (χ1n) is 6.09. The second-order valence-electron chi connectivity index (χ2n) is 6.71. The average Bonchev–Trinajstić information content (AvgIpc) is 2.11. The first-order valence-corrected chi connectivity index (χ1v) is 6.09. The maximum absolute atomic E-state index is 11.7. The van der Waals surface area contributed by atoms with Gasteiger partial charge in [-0.2, -0.15) is 0 Å². The molecule has 0 saturated carbocycles. The Morgan fingerprint density at radius 1 is 1.00 bits per heavy atom. The van der Waals surface area contributed by atoms with Crippen molar-refractivity contribution >= 4 is 11.9 Å². The largest absolute Gasteiger partial charge is 0.481 e. The van der Waals surface area contributed by atoms with Crippen molar-refractivity contribution in [3.05, 3.63) is 0 Å². The van der Waals surface area contributed by atoms with Crippen LogP contribution in [-0.2, 0) is 9.59 Å². The predicted octanol–water partition coefficient (Wildman–Crippen LogP) is 1.38. The number of rotatable bonds is 5. The molecule has 0 fully saturated rings. The van der Waals surface area contributed by atoms with Gasteiger partial charge in [0.05, 0.1) is 12.0 Å². The third kappa shape index (κ3) is 4.64. The zero-order valence-electron chi connectivity index (χ0n) is 12.5. The van der Waals surface area contributed by atoms with Crippen LogP contribution in [0.3, 0.4) is 0 Å². The van der Waals surface area contributed by atoms with Crippen LogP contribution in [0.1, 0.15) is 48.5 Å². The molecular formula is C13H26N2O3. The van der Waals surface area contributed by atoms with Gasteiger partial charge in [0.2, 0.25) is 5.91 Å². The minimum Gasteiger partial charge on any atom is -0.481 e. The fourth-order valence-corrected chi connectivity index (χ4v) is 1.25. The maximum Gasteiger partial charge on any atom is 0.310 e. The van der Waals surface area contributed by atoms with Crippen LogP contribution in [0.5, 0.6) is 0 Å². The number of amides is 1. The Morgan fingerprint density at radius 3 is 1.78 bits per heavy atom. The van der Waals surface area contributed by atoms with Gasteiger partial charge in [0, 0.05) is 11.1 Å². The van der Waals surface area contributed by atoms with E-state index < -0.39 is 16.9 Å². The van der Waals surface area contributed by atoms with Gasteiger partial charge in [-0.15, -0.1) is 0 Å². The summed E-state index contributed by atoms with van der Waals surface area (Å²) in [5, 5.41) is 15.0. The van der Waals surface area contributed by atoms with E-state index in [0.29, 0.717) is 0 Å². The molecule has 0 spiro atoms. The summed E-state index contributed by atoms with van der Waals surface area (Å²) < 4.78 is 0. The lowest BCUT2D eigenvalue weighted by molar-refractivity contribution is -0.151. The van der Waals surface area contributed by atoms with Crippen molar-refractivity contribution in [3.63, 3.8) is 0 Å². The Hall–Kier alpha value is -1.10. The van der Waals surface area contributed by atoms with Gasteiger partial charge in [0.1, 0.15) is 0 Å². The van der Waals surface area contributed by atoms with Gasteiger partial charge in [-0.3, -0.25) is 9.59 Å². The minimum atomic E-state index is -0.963. The highest BCUT2D eigenvalue weighted by atomic mass is 16.4. The number of carboxylic acids is 1. The molecule has 0 aliphatic heterocycles. The molecule has 0 aromatic heterocycles. The molecule has 0 rings (SSSR count). The van der Waals surface area contributed by atoms with E-state index in [2.05, 4.69) is 10.6 Å². The van der Waals surface area contributed by atoms with Crippen molar-refractivity contribution in [1.29, 1.82) is 0 Å². The molecule has 0 unspecified atom stereocenters. The lowest BCUT2D eigenvalue weighted by Gasteiger charge is -2.39. The van der Waals surface area contributed by atoms with Crippen LogP contribution in [0.15, 0.2) is 0 Å². The van der Waals surface area contributed by atoms with Gasteiger partial charge >= 0.3 is 5.97 Å². The highest BCUT2D eigenvalue weighted by Crippen LogP contribution is 2.30. The summed E-state index contributed by atoms with van der Waals surface area (Å²) in [6.07, 6.45) is 0. The van der Waals surface area contributed by atoms with Crippen LogP contribution >= 0.6 is 0 Å². The lowest BCUT2D eigenvalue weighted by Crippen LogP contribution is -2.58. The smallest absolute Gasteiger partial charge is 0.310 e. The number of hydrogen-bond acceptors (Lipinski definition) is 3. The standard InChI is InChI=1S/C13H26N2O3/c1-11(2,3)15-9(16)8-14-13(6,7)12(4,5)10(17)18/h14H,8H2,1-7H3,(H,15,16)(H,17,18). The third-order valence-electron chi connectivity index (χ3n) is 3.30. The van der Waals surface area contributed by atoms with Gasteiger partial charge in [-0.25, -0.2) is 0 Å². The quantitative estimate of drug-likeness (QED) is 0.696. The van der Waals surface area contributed by atoms with Crippen LogP contribution in [0.4, 0.5) is 0 Å². The molecule has 0 heterocycles. The normalized spacial score (nSPS) is 13.3. The molecule has 0 radical (unpaired) electrons. The van der Waals surface area contributed by atoms with Crippen LogP contribution in [-0.4, -0.2) is 34.6 Å². The van der Waals surface area contributed by atoms with E-state index >= 15 is 0 Å². The van der Waals surface area contributed by atoms with Crippen molar-refractivity contribution in [2.24, 2.45) is 5.41 Å². The van der Waals surface area contributed by atoms with E-state index in [1.54, 1.807) is 27.7 Å². The molecule has 0 aliphatic rings. The van der Waals surface area contributed by atoms with Crippen LogP contribution in [0.2, 0.25) is 0 Å². The fourth-order valence-electron chi connectivity index (χ4n) is 1.25. The van der Waals surface area contributed by atoms with Crippen molar-refractivity contribution in [1.82, 2.24) is 10.6 Å². The Labute approximate surface area is 109 Å². The maximum atomic E-state index is 11.7. The van der Waals surface area contributed by atoms with E-state index in [9.17, 15) is 14.7 Å². The second-order valence-corrected chi connectivity index (χ2v) is 6.71. The van der Waals surface area contributed by atoms with Gasteiger partial charge in [0.15, 0.2) is 0 Å². The van der Waals surface area contributed by atoms with Gasteiger partial charge in [0.25, 0.3) is 0 Å². The number of hydrogen-bond donors (Lipinski definition) is 3. The molecule has 0 aromatic carbocycles. The number of nitrogens with one attached hydrogen (secondary N) is 2. The van der Waals surface area contributed by atoms with Gasteiger partial charge in [-0.1, -0.05) is 0 Å². The predicted molar refractivity (Wildman–Crippen MR) is 71.4 cm³/mol. The molecule has 0 atom stereocenters. The molecular weight excluding hydrogens is 232 g/mol. The molecule has 5 nitrogen and oxygen atoms in total. The molecule has 3 N–H and O–H groups in total. The minimum absolute atomic E-state index is 0.0982. The summed E-state index contributed by atoms with van der Waals surface area (Å²) in [5.74, 6) is -1.03. The molecule has 5 heteroatoms. The molecule has 0 aliphatic carbocycles. The SMILES string of the molecule is CC(C)(C)NC(=O)CNC(C)(C)C(C)(C)C(=O)O. The zero-order chi connectivity index (χ0) is 14.8. The Balaban J connectivity index is 4.54. The summed E-state index contributed by atoms with van der Waals surface area (Å²) in [6, 6.07) is 0. The molecule has 106 valence electrons. The molecule has 0 aromatic rings. The highest BCUT2D eigenvalue weighted by molar-refractivity contribution is 5.79. The first-order chi connectivity index (χ1) is 7.79. The summed E-state index contributed by atoms with van der Waals surface area (Å²) in [7, 11) is 0. The molecule has 0 bridgehead atoms. The van der Waals surface area contributed by atoms with E-state index in [1.807, 2.05) is 20.8 Å². The number of carbonyl (C=O) groups excluding carboxylic acids is 1. The average molecular weight is 258 g/mol. The van der Waals surface area contributed by atoms with Crippen molar-refractivity contribution < 1.29 is 14.7 Å². The first kappa shape index (κ1) is 16.9. The monoisotopic (exact) mass is 258 g/mol.